The number of carbonyl (C=O) groups is 1. The van der Waals surface area contributed by atoms with Gasteiger partial charge in [-0.1, -0.05) is 18.2 Å². The van der Waals surface area contributed by atoms with Crippen molar-refractivity contribution in [2.45, 2.75) is 6.92 Å². The summed E-state index contributed by atoms with van der Waals surface area (Å²) in [5, 5.41) is 0. The number of carbonyl (C=O) groups excluding carboxylic acids is 1. The highest BCUT2D eigenvalue weighted by molar-refractivity contribution is 5.74. The number of aldehydes is 1. The van der Waals surface area contributed by atoms with Crippen molar-refractivity contribution in [3.63, 3.8) is 0 Å². The van der Waals surface area contributed by atoms with Gasteiger partial charge in [0, 0.05) is 5.56 Å². The molecule has 1 radical (unpaired) electrons. The third-order valence-electron chi connectivity index (χ3n) is 1.09. The third-order valence-corrected chi connectivity index (χ3v) is 1.09. The topological polar surface area (TPSA) is 17.1 Å². The second-order valence-electron chi connectivity index (χ2n) is 1.91. The van der Waals surface area contributed by atoms with Crippen LogP contribution < -0.4 is 0 Å². The predicted octanol–water partition coefficient (Wildman–Crippen LogP) is 1.61. The molecule has 0 saturated carbocycles. The van der Waals surface area contributed by atoms with E-state index < -0.39 is 0 Å². The Morgan fingerprint density at radius 2 is 2.33 bits per heavy atom. The monoisotopic (exact) mass is 119 g/mol. The zero-order valence-electron chi connectivity index (χ0n) is 5.22. The molecule has 1 heteroatoms. The van der Waals surface area contributed by atoms with Gasteiger partial charge in [0.05, 0.1) is 0 Å². The number of aryl methyl sites for hydroxylation is 1. The summed E-state index contributed by atoms with van der Waals surface area (Å²) in [6, 6.07) is 8.38. The summed E-state index contributed by atoms with van der Waals surface area (Å²) in [6.45, 7) is 1.91. The molecule has 0 aliphatic heterocycles. The second-order valence-corrected chi connectivity index (χ2v) is 1.91. The summed E-state index contributed by atoms with van der Waals surface area (Å²) in [5.41, 5.74) is 1.62. The van der Waals surface area contributed by atoms with Gasteiger partial charge in [-0.05, 0) is 18.6 Å². The standard InChI is InChI=1S/C8H7O/c1-7-3-2-4-8(5-7)6-9/h2-4,6H,1H3. The van der Waals surface area contributed by atoms with Crippen LogP contribution >= 0.6 is 0 Å². The number of hydrogen-bond acceptors (Lipinski definition) is 1. The fourth-order valence-electron chi connectivity index (χ4n) is 0.676. The number of rotatable bonds is 1. The van der Waals surface area contributed by atoms with Crippen LogP contribution in [0.4, 0.5) is 0 Å². The number of hydrogen-bond donors (Lipinski definition) is 0. The third kappa shape index (κ3) is 1.39. The summed E-state index contributed by atoms with van der Waals surface area (Å²) < 4.78 is 0. The van der Waals surface area contributed by atoms with Crippen LogP contribution in [-0.4, -0.2) is 6.29 Å². The summed E-state index contributed by atoms with van der Waals surface area (Å²) in [4.78, 5) is 10.1. The van der Waals surface area contributed by atoms with E-state index in [1.165, 1.54) is 0 Å². The van der Waals surface area contributed by atoms with Gasteiger partial charge in [-0.3, -0.25) is 4.79 Å². The zero-order valence-corrected chi connectivity index (χ0v) is 5.22. The van der Waals surface area contributed by atoms with Crippen LogP contribution in [0.3, 0.4) is 0 Å². The average molecular weight is 119 g/mol. The van der Waals surface area contributed by atoms with Gasteiger partial charge in [0.2, 0.25) is 0 Å². The minimum Gasteiger partial charge on any atom is -0.298 e. The first kappa shape index (κ1) is 6.02. The van der Waals surface area contributed by atoms with E-state index in [-0.39, 0.29) is 0 Å². The van der Waals surface area contributed by atoms with Gasteiger partial charge in [-0.2, -0.15) is 0 Å². The van der Waals surface area contributed by atoms with E-state index in [4.69, 9.17) is 0 Å². The van der Waals surface area contributed by atoms with Gasteiger partial charge in [-0.15, -0.1) is 0 Å². The molecule has 0 aliphatic carbocycles. The van der Waals surface area contributed by atoms with Crippen molar-refractivity contribution in [2.75, 3.05) is 0 Å². The fourth-order valence-corrected chi connectivity index (χ4v) is 0.676. The highest BCUT2D eigenvalue weighted by Gasteiger charge is 1.87. The highest BCUT2D eigenvalue weighted by atomic mass is 16.1. The summed E-state index contributed by atoms with van der Waals surface area (Å²) in [5.74, 6) is 0. The van der Waals surface area contributed by atoms with E-state index in [0.717, 1.165) is 11.8 Å². The lowest BCUT2D eigenvalue weighted by Crippen LogP contribution is -1.79. The molecule has 1 rings (SSSR count). The minimum absolute atomic E-state index is 0.620. The Morgan fingerprint density at radius 3 is 2.78 bits per heavy atom. The average Bonchev–Trinajstić information content (AvgIpc) is 1.88. The maximum atomic E-state index is 10.1. The lowest BCUT2D eigenvalue weighted by atomic mass is 10.2. The normalized spacial score (nSPS) is 9.00. The molecule has 0 amide bonds. The quantitative estimate of drug-likeness (QED) is 0.513. The van der Waals surface area contributed by atoms with E-state index in [0.29, 0.717) is 5.56 Å². The van der Waals surface area contributed by atoms with Crippen LogP contribution in [0.5, 0.6) is 0 Å². The molecule has 0 fully saturated rings. The molecule has 0 spiro atoms. The van der Waals surface area contributed by atoms with Gasteiger partial charge in [-0.25, -0.2) is 0 Å². The van der Waals surface area contributed by atoms with Gasteiger partial charge in [0.1, 0.15) is 0 Å². The van der Waals surface area contributed by atoms with Crippen molar-refractivity contribution in [1.29, 1.82) is 0 Å². The molecular formula is C8H7O. The molecule has 0 atom stereocenters. The van der Waals surface area contributed by atoms with Crippen molar-refractivity contribution in [3.8, 4) is 0 Å². The lowest BCUT2D eigenvalue weighted by molar-refractivity contribution is 0.112. The Bertz CT molecular complexity index is 216. The van der Waals surface area contributed by atoms with Crippen LogP contribution in [0.15, 0.2) is 18.2 Å². The number of benzene rings is 1. The van der Waals surface area contributed by atoms with E-state index >= 15 is 0 Å². The first-order chi connectivity index (χ1) is 4.33. The highest BCUT2D eigenvalue weighted by Crippen LogP contribution is 1.98. The van der Waals surface area contributed by atoms with Crippen molar-refractivity contribution in [3.05, 3.63) is 35.4 Å². The van der Waals surface area contributed by atoms with Gasteiger partial charge in [0.15, 0.2) is 6.29 Å². The summed E-state index contributed by atoms with van der Waals surface area (Å²) in [6.07, 6.45) is 0.799. The molecule has 0 bridgehead atoms. The SMILES string of the molecule is Cc1[c]c(C=O)ccc1. The molecule has 0 aliphatic rings. The van der Waals surface area contributed by atoms with E-state index in [2.05, 4.69) is 6.07 Å². The van der Waals surface area contributed by atoms with Crippen LogP contribution in [0.25, 0.3) is 0 Å². The first-order valence-corrected chi connectivity index (χ1v) is 2.77. The Balaban J connectivity index is 3.07. The van der Waals surface area contributed by atoms with E-state index in [9.17, 15) is 4.79 Å². The first-order valence-electron chi connectivity index (χ1n) is 2.77. The van der Waals surface area contributed by atoms with Crippen LogP contribution in [0, 0.1) is 13.0 Å². The zero-order chi connectivity index (χ0) is 6.69. The maximum Gasteiger partial charge on any atom is 0.150 e. The fraction of sp³-hybridized carbons (Fsp3) is 0.125. The predicted molar refractivity (Wildman–Crippen MR) is 35.4 cm³/mol. The molecule has 1 aromatic carbocycles. The maximum absolute atomic E-state index is 10.1. The molecule has 45 valence electrons. The molecule has 0 unspecified atom stereocenters. The minimum atomic E-state index is 0.620. The Labute approximate surface area is 54.3 Å². The molecule has 1 nitrogen and oxygen atoms in total. The molecule has 0 aromatic heterocycles. The Kier molecular flexibility index (Phi) is 1.63. The lowest BCUT2D eigenvalue weighted by Gasteiger charge is -1.88. The molecule has 1 aromatic rings. The van der Waals surface area contributed by atoms with E-state index in [1.807, 2.05) is 19.1 Å². The molecule has 9 heavy (non-hydrogen) atoms. The molecule has 0 saturated heterocycles. The van der Waals surface area contributed by atoms with Crippen LogP contribution in [0.1, 0.15) is 15.9 Å². The van der Waals surface area contributed by atoms with Crippen molar-refractivity contribution < 1.29 is 4.79 Å². The van der Waals surface area contributed by atoms with Crippen molar-refractivity contribution >= 4 is 6.29 Å². The van der Waals surface area contributed by atoms with Gasteiger partial charge < -0.3 is 0 Å². The Morgan fingerprint density at radius 1 is 1.56 bits per heavy atom. The molecular weight excluding hydrogens is 112 g/mol. The largest absolute Gasteiger partial charge is 0.298 e. The molecule has 0 heterocycles. The van der Waals surface area contributed by atoms with Gasteiger partial charge in [0.25, 0.3) is 0 Å². The van der Waals surface area contributed by atoms with Crippen molar-refractivity contribution in [1.82, 2.24) is 0 Å². The van der Waals surface area contributed by atoms with Gasteiger partial charge >= 0.3 is 0 Å². The molecule has 0 N–H and O–H groups in total. The van der Waals surface area contributed by atoms with Crippen LogP contribution in [0.2, 0.25) is 0 Å². The second kappa shape index (κ2) is 2.44. The van der Waals surface area contributed by atoms with Crippen molar-refractivity contribution in [2.24, 2.45) is 0 Å². The summed E-state index contributed by atoms with van der Waals surface area (Å²) in [7, 11) is 0. The smallest absolute Gasteiger partial charge is 0.150 e. The Hall–Kier alpha value is -1.11. The van der Waals surface area contributed by atoms with Crippen LogP contribution in [-0.2, 0) is 0 Å². The van der Waals surface area contributed by atoms with E-state index in [1.54, 1.807) is 6.07 Å². The summed E-state index contributed by atoms with van der Waals surface area (Å²) >= 11 is 0.